The normalized spacial score (nSPS) is 9.79. The standard InChI is InChI=1S/C9H12N2O2S/c1-3-4-14-6-9(12)10-8-5-7(2)13-11-8/h3,5H,1,4,6H2,2H3,(H,10,11,12). The lowest BCUT2D eigenvalue weighted by atomic mass is 10.5. The van der Waals surface area contributed by atoms with Crippen LogP contribution in [0, 0.1) is 6.92 Å². The fourth-order valence-electron chi connectivity index (χ4n) is 0.839. The van der Waals surface area contributed by atoms with Gasteiger partial charge in [0.05, 0.1) is 5.75 Å². The second-order valence-corrected chi connectivity index (χ2v) is 3.71. The Labute approximate surface area is 86.7 Å². The maximum absolute atomic E-state index is 11.2. The minimum Gasteiger partial charge on any atom is -0.360 e. The van der Waals surface area contributed by atoms with E-state index in [-0.39, 0.29) is 5.91 Å². The minimum absolute atomic E-state index is 0.0786. The van der Waals surface area contributed by atoms with E-state index in [1.54, 1.807) is 19.1 Å². The molecular formula is C9H12N2O2S. The number of hydrogen-bond acceptors (Lipinski definition) is 4. The molecule has 0 aliphatic rings. The fourth-order valence-corrected chi connectivity index (χ4v) is 1.38. The number of nitrogens with one attached hydrogen (secondary N) is 1. The predicted molar refractivity (Wildman–Crippen MR) is 57.4 cm³/mol. The van der Waals surface area contributed by atoms with E-state index in [9.17, 15) is 4.79 Å². The zero-order valence-corrected chi connectivity index (χ0v) is 8.76. The molecular weight excluding hydrogens is 200 g/mol. The van der Waals surface area contributed by atoms with Gasteiger partial charge in [-0.05, 0) is 6.92 Å². The molecule has 0 bridgehead atoms. The molecule has 76 valence electrons. The number of aryl methyl sites for hydroxylation is 1. The van der Waals surface area contributed by atoms with Crippen LogP contribution in [-0.4, -0.2) is 22.6 Å². The number of hydrogen-bond donors (Lipinski definition) is 1. The van der Waals surface area contributed by atoms with Gasteiger partial charge in [-0.2, -0.15) is 0 Å². The average molecular weight is 212 g/mol. The Morgan fingerprint density at radius 2 is 2.64 bits per heavy atom. The van der Waals surface area contributed by atoms with Gasteiger partial charge in [-0.25, -0.2) is 0 Å². The Bertz CT molecular complexity index is 322. The molecule has 0 aliphatic heterocycles. The van der Waals surface area contributed by atoms with E-state index in [0.717, 1.165) is 5.75 Å². The quantitative estimate of drug-likeness (QED) is 0.597. The van der Waals surface area contributed by atoms with Gasteiger partial charge in [-0.15, -0.1) is 18.3 Å². The van der Waals surface area contributed by atoms with Crippen LogP contribution in [0.1, 0.15) is 5.76 Å². The third kappa shape index (κ3) is 3.66. The summed E-state index contributed by atoms with van der Waals surface area (Å²) >= 11 is 1.50. The topological polar surface area (TPSA) is 55.1 Å². The maximum atomic E-state index is 11.2. The van der Waals surface area contributed by atoms with Gasteiger partial charge in [-0.1, -0.05) is 11.2 Å². The molecule has 14 heavy (non-hydrogen) atoms. The van der Waals surface area contributed by atoms with Gasteiger partial charge in [0.1, 0.15) is 5.76 Å². The van der Waals surface area contributed by atoms with E-state index in [1.807, 2.05) is 0 Å². The summed E-state index contributed by atoms with van der Waals surface area (Å²) in [4.78, 5) is 11.2. The van der Waals surface area contributed by atoms with Crippen molar-refractivity contribution in [3.63, 3.8) is 0 Å². The fraction of sp³-hybridized carbons (Fsp3) is 0.333. The first kappa shape index (κ1) is 10.8. The van der Waals surface area contributed by atoms with Crippen LogP contribution in [0.2, 0.25) is 0 Å². The lowest BCUT2D eigenvalue weighted by Crippen LogP contribution is -2.14. The van der Waals surface area contributed by atoms with Crippen molar-refractivity contribution in [2.24, 2.45) is 0 Å². The first-order valence-electron chi connectivity index (χ1n) is 4.14. The molecule has 0 unspecified atom stereocenters. The summed E-state index contributed by atoms with van der Waals surface area (Å²) < 4.78 is 4.80. The molecule has 0 saturated carbocycles. The Morgan fingerprint density at radius 3 is 3.21 bits per heavy atom. The smallest absolute Gasteiger partial charge is 0.235 e. The molecule has 1 aromatic heterocycles. The molecule has 0 saturated heterocycles. The number of amides is 1. The van der Waals surface area contributed by atoms with Crippen molar-refractivity contribution in [2.45, 2.75) is 6.92 Å². The molecule has 0 spiro atoms. The van der Waals surface area contributed by atoms with Crippen molar-refractivity contribution in [1.82, 2.24) is 5.16 Å². The van der Waals surface area contributed by atoms with Crippen molar-refractivity contribution in [2.75, 3.05) is 16.8 Å². The third-order valence-corrected chi connectivity index (χ3v) is 2.30. The van der Waals surface area contributed by atoms with Gasteiger partial charge in [0.2, 0.25) is 5.91 Å². The number of aromatic nitrogens is 1. The highest BCUT2D eigenvalue weighted by Crippen LogP contribution is 2.08. The highest BCUT2D eigenvalue weighted by atomic mass is 32.2. The molecule has 0 fully saturated rings. The van der Waals surface area contributed by atoms with Crippen molar-refractivity contribution >= 4 is 23.5 Å². The summed E-state index contributed by atoms with van der Waals surface area (Å²) in [5.41, 5.74) is 0. The molecule has 0 atom stereocenters. The Hall–Kier alpha value is -1.23. The van der Waals surface area contributed by atoms with Crippen LogP contribution in [-0.2, 0) is 4.79 Å². The van der Waals surface area contributed by atoms with Crippen LogP contribution >= 0.6 is 11.8 Å². The van der Waals surface area contributed by atoms with E-state index in [2.05, 4.69) is 17.1 Å². The molecule has 4 nitrogen and oxygen atoms in total. The molecule has 0 aromatic carbocycles. The van der Waals surface area contributed by atoms with Crippen LogP contribution in [0.4, 0.5) is 5.82 Å². The van der Waals surface area contributed by atoms with Gasteiger partial charge < -0.3 is 9.84 Å². The largest absolute Gasteiger partial charge is 0.360 e. The first-order valence-corrected chi connectivity index (χ1v) is 5.29. The number of carbonyl (C=O) groups excluding carboxylic acids is 1. The Balaban J connectivity index is 2.30. The molecule has 1 N–H and O–H groups in total. The third-order valence-electron chi connectivity index (χ3n) is 1.36. The number of thioether (sulfide) groups is 1. The summed E-state index contributed by atoms with van der Waals surface area (Å²) in [6.07, 6.45) is 1.76. The second-order valence-electron chi connectivity index (χ2n) is 2.67. The molecule has 5 heteroatoms. The number of carbonyl (C=O) groups is 1. The summed E-state index contributed by atoms with van der Waals surface area (Å²) in [6.45, 7) is 5.34. The van der Waals surface area contributed by atoms with Gasteiger partial charge >= 0.3 is 0 Å². The number of rotatable bonds is 5. The molecule has 1 rings (SSSR count). The van der Waals surface area contributed by atoms with Crippen LogP contribution in [0.25, 0.3) is 0 Å². The minimum atomic E-state index is -0.0786. The lowest BCUT2D eigenvalue weighted by molar-refractivity contribution is -0.113. The average Bonchev–Trinajstić information content (AvgIpc) is 2.52. The van der Waals surface area contributed by atoms with E-state index < -0.39 is 0 Å². The van der Waals surface area contributed by atoms with E-state index in [0.29, 0.717) is 17.3 Å². The first-order chi connectivity index (χ1) is 6.72. The van der Waals surface area contributed by atoms with Crippen LogP contribution < -0.4 is 5.32 Å². The van der Waals surface area contributed by atoms with E-state index in [4.69, 9.17) is 4.52 Å². The zero-order valence-electron chi connectivity index (χ0n) is 7.95. The number of nitrogens with zero attached hydrogens (tertiary/aromatic N) is 1. The van der Waals surface area contributed by atoms with Gasteiger partial charge in [-0.3, -0.25) is 4.79 Å². The van der Waals surface area contributed by atoms with Crippen LogP contribution in [0.3, 0.4) is 0 Å². The molecule has 1 heterocycles. The monoisotopic (exact) mass is 212 g/mol. The highest BCUT2D eigenvalue weighted by molar-refractivity contribution is 8.00. The van der Waals surface area contributed by atoms with Gasteiger partial charge in [0, 0.05) is 11.8 Å². The highest BCUT2D eigenvalue weighted by Gasteiger charge is 2.04. The van der Waals surface area contributed by atoms with Crippen molar-refractivity contribution in [1.29, 1.82) is 0 Å². The van der Waals surface area contributed by atoms with Crippen LogP contribution in [0.5, 0.6) is 0 Å². The van der Waals surface area contributed by atoms with Crippen molar-refractivity contribution < 1.29 is 9.32 Å². The second kappa shape index (κ2) is 5.49. The molecule has 0 aliphatic carbocycles. The summed E-state index contributed by atoms with van der Waals surface area (Å²) in [5, 5.41) is 6.27. The SMILES string of the molecule is C=CCSCC(=O)Nc1cc(C)on1. The zero-order chi connectivity index (χ0) is 10.4. The summed E-state index contributed by atoms with van der Waals surface area (Å²) in [7, 11) is 0. The Kier molecular flexibility index (Phi) is 4.25. The maximum Gasteiger partial charge on any atom is 0.235 e. The van der Waals surface area contributed by atoms with Gasteiger partial charge in [0.15, 0.2) is 5.82 Å². The van der Waals surface area contributed by atoms with E-state index >= 15 is 0 Å². The predicted octanol–water partition coefficient (Wildman–Crippen LogP) is 1.84. The summed E-state index contributed by atoms with van der Waals surface area (Å²) in [6, 6.07) is 1.68. The van der Waals surface area contributed by atoms with E-state index in [1.165, 1.54) is 11.8 Å². The van der Waals surface area contributed by atoms with Crippen molar-refractivity contribution in [3.05, 3.63) is 24.5 Å². The molecule has 1 aromatic rings. The summed E-state index contributed by atoms with van der Waals surface area (Å²) in [5.74, 6) is 2.24. The number of anilines is 1. The van der Waals surface area contributed by atoms with Crippen LogP contribution in [0.15, 0.2) is 23.2 Å². The lowest BCUT2D eigenvalue weighted by Gasteiger charge is -1.98. The molecule has 0 radical (unpaired) electrons. The molecule has 1 amide bonds. The van der Waals surface area contributed by atoms with Crippen molar-refractivity contribution in [3.8, 4) is 0 Å². The van der Waals surface area contributed by atoms with Gasteiger partial charge in [0.25, 0.3) is 0 Å². The Morgan fingerprint density at radius 1 is 1.86 bits per heavy atom.